The molecule has 10 nitrogen and oxygen atoms in total. The topological polar surface area (TPSA) is 137 Å². The lowest BCUT2D eigenvalue weighted by Crippen LogP contribution is -2.51. The third kappa shape index (κ3) is 9.31. The molecule has 2 atom stereocenters. The van der Waals surface area contributed by atoms with Crippen molar-refractivity contribution in [3.63, 3.8) is 0 Å². The van der Waals surface area contributed by atoms with Crippen LogP contribution in [0.5, 0.6) is 11.5 Å². The Balaban J connectivity index is 1.36. The number of nitrogens with zero attached hydrogens (tertiary/aromatic N) is 2. The smallest absolute Gasteiger partial charge is 0.272 e. The first-order chi connectivity index (χ1) is 22.5. The summed E-state index contributed by atoms with van der Waals surface area (Å²) in [4.78, 5) is 60.1. The van der Waals surface area contributed by atoms with Gasteiger partial charge in [0.2, 0.25) is 5.91 Å². The number of ketones is 1. The van der Waals surface area contributed by atoms with Crippen molar-refractivity contribution in [2.24, 2.45) is 0 Å². The molecule has 8 rings (SSSR count). The van der Waals surface area contributed by atoms with Gasteiger partial charge in [-0.05, 0) is 66.6 Å². The largest absolute Gasteiger partial charge is 0.494 e. The molecule has 46 heavy (non-hydrogen) atoms. The second-order valence-electron chi connectivity index (χ2n) is 11.1. The molecule has 0 saturated heterocycles. The Kier molecular flexibility index (Phi) is 11.2. The predicted octanol–water partition coefficient (Wildman–Crippen LogP) is 4.11. The zero-order chi connectivity index (χ0) is 32.1. The molecule has 1 unspecified atom stereocenters. The van der Waals surface area contributed by atoms with Crippen LogP contribution in [0.3, 0.4) is 0 Å². The molecule has 4 aromatic rings. The average Bonchev–Trinajstić information content (AvgIpc) is 3.09. The Morgan fingerprint density at radius 1 is 0.848 bits per heavy atom. The highest BCUT2D eigenvalue weighted by Crippen LogP contribution is 2.17. The minimum atomic E-state index is -1.05. The van der Waals surface area contributed by atoms with Gasteiger partial charge in [0, 0.05) is 12.8 Å². The summed E-state index contributed by atoms with van der Waals surface area (Å²) in [6, 6.07) is 22.4. The van der Waals surface area contributed by atoms with Crippen LogP contribution in [-0.4, -0.2) is 59.1 Å². The van der Waals surface area contributed by atoms with Crippen molar-refractivity contribution in [3.8, 4) is 11.5 Å². The van der Waals surface area contributed by atoms with Gasteiger partial charge in [0.15, 0.2) is 5.78 Å². The molecule has 6 bridgehead atoms. The second kappa shape index (κ2) is 16.1. The first-order valence-electron chi connectivity index (χ1n) is 15.4. The number of hydrogen-bond acceptors (Lipinski definition) is 8. The number of Topliss-reactive ketones (excluding diaryl/α,β-unsaturated/α-hetero) is 1. The Morgan fingerprint density at radius 3 is 2.13 bits per heavy atom. The number of carbonyl (C=O) groups excluding carboxylic acids is 4. The molecule has 0 spiro atoms. The van der Waals surface area contributed by atoms with Gasteiger partial charge in [0.25, 0.3) is 5.91 Å². The number of aromatic nitrogens is 2. The molecule has 4 aliphatic rings. The molecule has 0 saturated carbocycles. The fourth-order valence-electron chi connectivity index (χ4n) is 5.02. The summed E-state index contributed by atoms with van der Waals surface area (Å²) in [7, 11) is 0. The van der Waals surface area contributed by atoms with E-state index in [4.69, 9.17) is 9.47 Å². The fraction of sp³-hybridized carbons (Fsp3) is 0.278. The molecule has 0 radical (unpaired) electrons. The van der Waals surface area contributed by atoms with Crippen molar-refractivity contribution in [2.75, 3.05) is 13.2 Å². The molecule has 236 valence electrons. The van der Waals surface area contributed by atoms with Crippen LogP contribution < -0.4 is 20.1 Å². The summed E-state index contributed by atoms with van der Waals surface area (Å²) in [5.41, 5.74) is 2.57. The van der Waals surface area contributed by atoms with E-state index in [0.29, 0.717) is 38.1 Å². The molecule has 2 N–H and O–H groups in total. The Morgan fingerprint density at radius 2 is 1.48 bits per heavy atom. The zero-order valence-electron chi connectivity index (χ0n) is 25.4. The molecule has 5 heterocycles. The van der Waals surface area contributed by atoms with Gasteiger partial charge in [-0.1, -0.05) is 54.6 Å². The van der Waals surface area contributed by atoms with Crippen molar-refractivity contribution >= 4 is 23.9 Å². The van der Waals surface area contributed by atoms with Crippen LogP contribution in [0, 0.1) is 0 Å². The summed E-state index contributed by atoms with van der Waals surface area (Å²) in [5.74, 6) is -0.0197. The first kappa shape index (κ1) is 32.0. The molecule has 1 aromatic heterocycles. The summed E-state index contributed by atoms with van der Waals surface area (Å²) < 4.78 is 11.7. The van der Waals surface area contributed by atoms with Gasteiger partial charge in [-0.2, -0.15) is 0 Å². The fourth-order valence-corrected chi connectivity index (χ4v) is 5.02. The lowest BCUT2D eigenvalue weighted by molar-refractivity contribution is -0.125. The number of amides is 2. The average molecular weight is 621 g/mol. The van der Waals surface area contributed by atoms with Crippen LogP contribution in [0.4, 0.5) is 0 Å². The Bertz CT molecular complexity index is 1630. The van der Waals surface area contributed by atoms with E-state index in [-0.39, 0.29) is 30.0 Å². The molecule has 3 aromatic carbocycles. The number of aryl methyl sites for hydroxylation is 1. The quantitative estimate of drug-likeness (QED) is 0.318. The van der Waals surface area contributed by atoms with Crippen LogP contribution in [-0.2, 0) is 28.9 Å². The van der Waals surface area contributed by atoms with Crippen LogP contribution in [0.1, 0.15) is 56.9 Å². The van der Waals surface area contributed by atoms with E-state index in [2.05, 4.69) is 20.6 Å². The summed E-state index contributed by atoms with van der Waals surface area (Å²) in [6.07, 6.45) is 5.97. The van der Waals surface area contributed by atoms with E-state index < -0.39 is 23.9 Å². The third-order valence-electron chi connectivity index (χ3n) is 7.57. The van der Waals surface area contributed by atoms with Gasteiger partial charge in [0.05, 0.1) is 31.6 Å². The van der Waals surface area contributed by atoms with E-state index in [1.165, 1.54) is 12.4 Å². The van der Waals surface area contributed by atoms with E-state index in [0.717, 1.165) is 35.3 Å². The maximum Gasteiger partial charge on any atom is 0.272 e. The molecule has 0 fully saturated rings. The maximum absolute atomic E-state index is 13.5. The minimum Gasteiger partial charge on any atom is -0.494 e. The van der Waals surface area contributed by atoms with E-state index in [1.807, 2.05) is 78.9 Å². The van der Waals surface area contributed by atoms with E-state index >= 15 is 0 Å². The number of ether oxygens (including phenoxy) is 2. The van der Waals surface area contributed by atoms with E-state index in [9.17, 15) is 19.2 Å². The normalized spacial score (nSPS) is 16.7. The number of benzene rings is 3. The van der Waals surface area contributed by atoms with Crippen molar-refractivity contribution in [2.45, 2.75) is 50.6 Å². The highest BCUT2D eigenvalue weighted by molar-refractivity contribution is 5.98. The second-order valence-corrected chi connectivity index (χ2v) is 11.1. The van der Waals surface area contributed by atoms with Crippen LogP contribution >= 0.6 is 0 Å². The number of rotatable bonds is 5. The molecule has 4 aliphatic heterocycles. The minimum absolute atomic E-state index is 0.0579. The Hall–Kier alpha value is -5.38. The molecular weight excluding hydrogens is 584 g/mol. The summed E-state index contributed by atoms with van der Waals surface area (Å²) in [6.45, 7) is 1.08. The van der Waals surface area contributed by atoms with Crippen LogP contribution in [0.15, 0.2) is 91.3 Å². The van der Waals surface area contributed by atoms with Crippen molar-refractivity contribution in [1.82, 2.24) is 20.6 Å². The maximum atomic E-state index is 13.5. The van der Waals surface area contributed by atoms with Crippen LogP contribution in [0.2, 0.25) is 0 Å². The first-order valence-corrected chi connectivity index (χ1v) is 15.4. The van der Waals surface area contributed by atoms with Crippen molar-refractivity contribution < 1.29 is 28.7 Å². The lowest BCUT2D eigenvalue weighted by Gasteiger charge is -2.21. The van der Waals surface area contributed by atoms with Crippen molar-refractivity contribution in [3.05, 3.63) is 119 Å². The SMILES string of the molecule is O=CC(Cc1ccccc1)NC(=O)[C@@H]1Cc2ccc(cc2)OCCCCOc2ccc(cc2)CCC(=O)c2cncc(n2)C(=O)N1. The predicted molar refractivity (Wildman–Crippen MR) is 171 cm³/mol. The van der Waals surface area contributed by atoms with Gasteiger partial charge in [-0.3, -0.25) is 19.4 Å². The van der Waals surface area contributed by atoms with Crippen LogP contribution in [0.25, 0.3) is 0 Å². The monoisotopic (exact) mass is 620 g/mol. The van der Waals surface area contributed by atoms with Gasteiger partial charge in [-0.15, -0.1) is 0 Å². The number of hydrogen-bond donors (Lipinski definition) is 2. The van der Waals surface area contributed by atoms with E-state index in [1.54, 1.807) is 0 Å². The van der Waals surface area contributed by atoms with Crippen molar-refractivity contribution in [1.29, 1.82) is 0 Å². The van der Waals surface area contributed by atoms with Gasteiger partial charge >= 0.3 is 0 Å². The highest BCUT2D eigenvalue weighted by Gasteiger charge is 2.25. The summed E-state index contributed by atoms with van der Waals surface area (Å²) >= 11 is 0. The molecule has 0 aliphatic carbocycles. The van der Waals surface area contributed by atoms with Gasteiger partial charge in [0.1, 0.15) is 35.2 Å². The van der Waals surface area contributed by atoms with Gasteiger partial charge < -0.3 is 24.9 Å². The van der Waals surface area contributed by atoms with Gasteiger partial charge in [-0.25, -0.2) is 4.98 Å². The standard InChI is InChI=1S/C36H36N4O6/c41-24-28(20-26-6-2-1-3-7-26)38-35(43)31-21-27-10-15-30(16-11-27)46-19-5-4-18-45-29-13-8-25(9-14-29)12-17-34(42)32-22-37-23-33(39-32)36(44)40-31/h1-3,6-11,13-16,22-24,28,31H,4-5,12,17-21H2,(H,38,43)(H,40,44)/t28?,31-/m0/s1. The molecule has 10 heteroatoms. The zero-order valence-corrected chi connectivity index (χ0v) is 25.4. The molecule has 2 amide bonds. The molecular formula is C36H36N4O6. The third-order valence-corrected chi connectivity index (χ3v) is 7.57. The Labute approximate surface area is 267 Å². The number of carbonyl (C=O) groups is 4. The number of aldehydes is 1. The number of nitrogens with one attached hydrogen (secondary N) is 2. The highest BCUT2D eigenvalue weighted by atomic mass is 16.5. The summed E-state index contributed by atoms with van der Waals surface area (Å²) in [5, 5.41) is 5.51. The lowest BCUT2D eigenvalue weighted by atomic mass is 10.0.